The second-order valence-electron chi connectivity index (χ2n) is 4.27. The maximum absolute atomic E-state index is 11.5. The summed E-state index contributed by atoms with van der Waals surface area (Å²) in [5.74, 6) is -0.231. The second-order valence-corrected chi connectivity index (χ2v) is 4.27. The number of aryl methyl sites for hydroxylation is 1. The number of carbonyl (C=O) groups excluding carboxylic acids is 1. The van der Waals surface area contributed by atoms with Gasteiger partial charge in [0, 0.05) is 19.0 Å². The lowest BCUT2D eigenvalue weighted by Crippen LogP contribution is -2.39. The summed E-state index contributed by atoms with van der Waals surface area (Å²) in [4.78, 5) is 21.8. The van der Waals surface area contributed by atoms with Crippen LogP contribution in [0.1, 0.15) is 25.7 Å². The lowest BCUT2D eigenvalue weighted by Gasteiger charge is -2.05. The highest BCUT2D eigenvalue weighted by molar-refractivity contribution is 5.75. The van der Waals surface area contributed by atoms with Crippen LogP contribution in [0.15, 0.2) is 24.4 Å². The SMILES string of the molecule is Nc1cccc[n+]1CCC(=O)NCCCCC(=O)O. The first kappa shape index (κ1) is 14.9. The van der Waals surface area contributed by atoms with Gasteiger partial charge >= 0.3 is 5.97 Å². The van der Waals surface area contributed by atoms with Crippen LogP contribution in [-0.2, 0) is 16.1 Å². The molecule has 4 N–H and O–H groups in total. The molecule has 0 bridgehead atoms. The molecule has 1 amide bonds. The Morgan fingerprint density at radius 2 is 2.05 bits per heavy atom. The minimum atomic E-state index is -0.803. The maximum atomic E-state index is 11.5. The molecule has 0 aliphatic carbocycles. The average Bonchev–Trinajstić information content (AvgIpc) is 2.37. The minimum absolute atomic E-state index is 0.0499. The van der Waals surface area contributed by atoms with E-state index in [1.165, 1.54) is 0 Å². The number of aliphatic carboxylic acids is 1. The van der Waals surface area contributed by atoms with Crippen molar-refractivity contribution >= 4 is 17.7 Å². The summed E-state index contributed by atoms with van der Waals surface area (Å²) in [6.07, 6.45) is 3.59. The van der Waals surface area contributed by atoms with Crippen molar-refractivity contribution in [2.24, 2.45) is 0 Å². The fourth-order valence-electron chi connectivity index (χ4n) is 1.63. The van der Waals surface area contributed by atoms with E-state index in [2.05, 4.69) is 5.32 Å². The number of aromatic nitrogens is 1. The number of nitrogens with two attached hydrogens (primary N) is 1. The van der Waals surface area contributed by atoms with Crippen molar-refractivity contribution in [3.05, 3.63) is 24.4 Å². The number of carboxylic acid groups (broad SMARTS) is 1. The Hall–Kier alpha value is -2.11. The summed E-state index contributed by atoms with van der Waals surface area (Å²) in [7, 11) is 0. The van der Waals surface area contributed by atoms with Crippen LogP contribution in [-0.4, -0.2) is 23.5 Å². The third kappa shape index (κ3) is 6.40. The van der Waals surface area contributed by atoms with Gasteiger partial charge < -0.3 is 10.4 Å². The predicted octanol–water partition coefficient (Wildman–Crippen LogP) is 0.317. The molecule has 0 unspecified atom stereocenters. The number of hydrogen-bond acceptors (Lipinski definition) is 3. The molecule has 104 valence electrons. The number of pyridine rings is 1. The zero-order chi connectivity index (χ0) is 14.1. The zero-order valence-corrected chi connectivity index (χ0v) is 10.8. The van der Waals surface area contributed by atoms with E-state index in [0.717, 1.165) is 0 Å². The van der Waals surface area contributed by atoms with E-state index in [4.69, 9.17) is 10.8 Å². The highest BCUT2D eigenvalue weighted by Gasteiger charge is 2.06. The normalized spacial score (nSPS) is 10.1. The van der Waals surface area contributed by atoms with Gasteiger partial charge in [0.15, 0.2) is 0 Å². The summed E-state index contributed by atoms with van der Waals surface area (Å²) < 4.78 is 1.81. The number of amides is 1. The first-order valence-corrected chi connectivity index (χ1v) is 6.32. The molecular formula is C13H20N3O3+. The lowest BCUT2D eigenvalue weighted by atomic mass is 10.2. The summed E-state index contributed by atoms with van der Waals surface area (Å²) in [6.45, 7) is 1.05. The zero-order valence-electron chi connectivity index (χ0n) is 10.8. The smallest absolute Gasteiger partial charge is 0.303 e. The number of anilines is 1. The van der Waals surface area contributed by atoms with Crippen molar-refractivity contribution in [3.8, 4) is 0 Å². The second kappa shape index (κ2) is 8.07. The highest BCUT2D eigenvalue weighted by atomic mass is 16.4. The Balaban J connectivity index is 2.15. The van der Waals surface area contributed by atoms with E-state index in [1.54, 1.807) is 6.07 Å². The molecular weight excluding hydrogens is 246 g/mol. The molecule has 0 aliphatic heterocycles. The third-order valence-electron chi connectivity index (χ3n) is 2.70. The number of carbonyl (C=O) groups is 2. The Kier molecular flexibility index (Phi) is 6.35. The van der Waals surface area contributed by atoms with Crippen molar-refractivity contribution in [2.45, 2.75) is 32.2 Å². The number of rotatable bonds is 8. The quantitative estimate of drug-likeness (QED) is 0.466. The number of hydrogen-bond donors (Lipinski definition) is 3. The van der Waals surface area contributed by atoms with Gasteiger partial charge in [0.25, 0.3) is 5.82 Å². The standard InChI is InChI=1S/C13H19N3O3/c14-11-5-2-4-9-16(11)10-7-12(17)15-8-3-1-6-13(18)19/h2,4-5,9,14H,1,3,6-8,10H2,(H2,15,17,18,19)/p+1. The molecule has 0 spiro atoms. The van der Waals surface area contributed by atoms with E-state index in [0.29, 0.717) is 38.2 Å². The van der Waals surface area contributed by atoms with Crippen molar-refractivity contribution in [1.29, 1.82) is 0 Å². The Morgan fingerprint density at radius 1 is 1.26 bits per heavy atom. The van der Waals surface area contributed by atoms with Crippen molar-refractivity contribution in [2.75, 3.05) is 12.3 Å². The number of nitrogens with zero attached hydrogens (tertiary/aromatic N) is 1. The first-order valence-electron chi connectivity index (χ1n) is 6.32. The van der Waals surface area contributed by atoms with Gasteiger partial charge in [-0.05, 0) is 18.9 Å². The highest BCUT2D eigenvalue weighted by Crippen LogP contribution is 1.95. The molecule has 0 aliphatic rings. The molecule has 1 aromatic heterocycles. The van der Waals surface area contributed by atoms with Gasteiger partial charge in [0.1, 0.15) is 0 Å². The van der Waals surface area contributed by atoms with Gasteiger partial charge in [0.05, 0.1) is 19.2 Å². The Labute approximate surface area is 112 Å². The van der Waals surface area contributed by atoms with Crippen LogP contribution in [0, 0.1) is 0 Å². The summed E-state index contributed by atoms with van der Waals surface area (Å²) >= 11 is 0. The fraction of sp³-hybridized carbons (Fsp3) is 0.462. The van der Waals surface area contributed by atoms with E-state index in [1.807, 2.05) is 22.9 Å². The molecule has 1 rings (SSSR count). The van der Waals surface area contributed by atoms with Crippen LogP contribution in [0.25, 0.3) is 0 Å². The summed E-state index contributed by atoms with van der Waals surface area (Å²) in [5.41, 5.74) is 5.75. The molecule has 6 heteroatoms. The third-order valence-corrected chi connectivity index (χ3v) is 2.70. The largest absolute Gasteiger partial charge is 0.481 e. The topological polar surface area (TPSA) is 96.3 Å². The Morgan fingerprint density at radius 3 is 2.74 bits per heavy atom. The predicted molar refractivity (Wildman–Crippen MR) is 70.2 cm³/mol. The van der Waals surface area contributed by atoms with E-state index in [9.17, 15) is 9.59 Å². The molecule has 19 heavy (non-hydrogen) atoms. The van der Waals surface area contributed by atoms with Crippen LogP contribution >= 0.6 is 0 Å². The van der Waals surface area contributed by atoms with Crippen LogP contribution in [0.3, 0.4) is 0 Å². The van der Waals surface area contributed by atoms with Gasteiger partial charge in [-0.25, -0.2) is 4.57 Å². The van der Waals surface area contributed by atoms with Crippen molar-refractivity contribution in [3.63, 3.8) is 0 Å². The summed E-state index contributed by atoms with van der Waals surface area (Å²) in [5, 5.41) is 11.2. The van der Waals surface area contributed by atoms with Crippen LogP contribution in [0.4, 0.5) is 5.82 Å². The molecule has 0 saturated carbocycles. The first-order chi connectivity index (χ1) is 9.09. The summed E-state index contributed by atoms with van der Waals surface area (Å²) in [6, 6.07) is 5.48. The molecule has 0 atom stereocenters. The van der Waals surface area contributed by atoms with Gasteiger partial charge in [-0.3, -0.25) is 15.3 Å². The van der Waals surface area contributed by atoms with E-state index >= 15 is 0 Å². The van der Waals surface area contributed by atoms with Crippen LogP contribution < -0.4 is 15.6 Å². The number of nitrogen functional groups attached to an aromatic ring is 1. The molecule has 0 aromatic carbocycles. The van der Waals surface area contributed by atoms with E-state index in [-0.39, 0.29) is 12.3 Å². The monoisotopic (exact) mass is 266 g/mol. The fourth-order valence-corrected chi connectivity index (χ4v) is 1.63. The minimum Gasteiger partial charge on any atom is -0.481 e. The van der Waals surface area contributed by atoms with Gasteiger partial charge in [-0.2, -0.15) is 0 Å². The van der Waals surface area contributed by atoms with Gasteiger partial charge in [0.2, 0.25) is 5.91 Å². The molecule has 1 heterocycles. The van der Waals surface area contributed by atoms with Crippen molar-refractivity contribution in [1.82, 2.24) is 5.32 Å². The Bertz CT molecular complexity index is 435. The average molecular weight is 266 g/mol. The van der Waals surface area contributed by atoms with E-state index < -0.39 is 5.97 Å². The number of carboxylic acids is 1. The lowest BCUT2D eigenvalue weighted by molar-refractivity contribution is -0.681. The van der Waals surface area contributed by atoms with Gasteiger partial charge in [-0.15, -0.1) is 0 Å². The molecule has 1 aromatic rings. The number of unbranched alkanes of at least 4 members (excludes halogenated alkanes) is 1. The van der Waals surface area contributed by atoms with Crippen molar-refractivity contribution < 1.29 is 19.3 Å². The van der Waals surface area contributed by atoms with Crippen LogP contribution in [0.5, 0.6) is 0 Å². The molecule has 0 fully saturated rings. The molecule has 6 nitrogen and oxygen atoms in total. The van der Waals surface area contributed by atoms with Gasteiger partial charge in [-0.1, -0.05) is 6.07 Å². The maximum Gasteiger partial charge on any atom is 0.303 e. The molecule has 0 radical (unpaired) electrons. The molecule has 0 saturated heterocycles. The van der Waals surface area contributed by atoms with Crippen LogP contribution in [0.2, 0.25) is 0 Å². The number of nitrogens with one attached hydrogen (secondary N) is 1.